The van der Waals surface area contributed by atoms with Crippen molar-refractivity contribution in [3.05, 3.63) is 29.6 Å². The smallest absolute Gasteiger partial charge is 0.0547 e. The van der Waals surface area contributed by atoms with Crippen molar-refractivity contribution in [2.75, 3.05) is 26.7 Å². The van der Waals surface area contributed by atoms with Crippen molar-refractivity contribution in [1.29, 1.82) is 0 Å². The summed E-state index contributed by atoms with van der Waals surface area (Å²) in [6.45, 7) is 11.3. The molecule has 0 amide bonds. The minimum atomic E-state index is 0.353. The molecule has 3 nitrogen and oxygen atoms in total. The van der Waals surface area contributed by atoms with Gasteiger partial charge in [0, 0.05) is 18.8 Å². The normalized spacial score (nSPS) is 20.4. The van der Waals surface area contributed by atoms with Gasteiger partial charge in [-0.25, -0.2) is 0 Å². The van der Waals surface area contributed by atoms with Crippen LogP contribution in [-0.2, 0) is 6.54 Å². The van der Waals surface area contributed by atoms with Gasteiger partial charge in [-0.05, 0) is 63.4 Å². The molecule has 3 heteroatoms. The highest BCUT2D eigenvalue weighted by molar-refractivity contribution is 5.09. The number of nitrogens with one attached hydrogen (secondary N) is 1. The van der Waals surface area contributed by atoms with Crippen molar-refractivity contribution < 1.29 is 0 Å². The van der Waals surface area contributed by atoms with Gasteiger partial charge >= 0.3 is 0 Å². The maximum atomic E-state index is 4.60. The Morgan fingerprint density at radius 3 is 2.85 bits per heavy atom. The van der Waals surface area contributed by atoms with Gasteiger partial charge in [0.2, 0.25) is 0 Å². The molecule has 0 aliphatic carbocycles. The molecule has 20 heavy (non-hydrogen) atoms. The van der Waals surface area contributed by atoms with Crippen LogP contribution in [0.25, 0.3) is 0 Å². The molecule has 1 aromatic rings. The lowest BCUT2D eigenvalue weighted by atomic mass is 9.74. The molecule has 0 aromatic carbocycles. The minimum Gasteiger partial charge on any atom is -0.316 e. The molecule has 1 aliphatic heterocycles. The van der Waals surface area contributed by atoms with E-state index in [4.69, 9.17) is 0 Å². The summed E-state index contributed by atoms with van der Waals surface area (Å²) in [5.41, 5.74) is 2.63. The molecule has 1 aliphatic rings. The summed E-state index contributed by atoms with van der Waals surface area (Å²) in [6, 6.07) is 6.28. The van der Waals surface area contributed by atoms with Gasteiger partial charge in [0.15, 0.2) is 0 Å². The molecule has 2 heterocycles. The fourth-order valence-electron chi connectivity index (χ4n) is 3.36. The predicted molar refractivity (Wildman–Crippen MR) is 84.7 cm³/mol. The van der Waals surface area contributed by atoms with E-state index in [1.807, 2.05) is 0 Å². The summed E-state index contributed by atoms with van der Waals surface area (Å²) in [7, 11) is 2.21. The third-order valence-corrected chi connectivity index (χ3v) is 4.46. The van der Waals surface area contributed by atoms with Crippen LogP contribution in [-0.4, -0.2) is 36.6 Å². The summed E-state index contributed by atoms with van der Waals surface area (Å²) >= 11 is 0. The number of hydrogen-bond acceptors (Lipinski definition) is 3. The van der Waals surface area contributed by atoms with E-state index in [1.165, 1.54) is 31.6 Å². The van der Waals surface area contributed by atoms with Crippen LogP contribution in [0.15, 0.2) is 18.2 Å². The molecule has 1 atom stereocenters. The van der Waals surface area contributed by atoms with Crippen molar-refractivity contribution in [3.63, 3.8) is 0 Å². The maximum absolute atomic E-state index is 4.60. The molecular weight excluding hydrogens is 246 g/mol. The van der Waals surface area contributed by atoms with E-state index < -0.39 is 0 Å². The monoisotopic (exact) mass is 275 g/mol. The van der Waals surface area contributed by atoms with Crippen molar-refractivity contribution in [1.82, 2.24) is 15.2 Å². The Balaban J connectivity index is 1.90. The van der Waals surface area contributed by atoms with Crippen LogP contribution in [0.5, 0.6) is 0 Å². The zero-order valence-corrected chi connectivity index (χ0v) is 13.4. The number of pyridine rings is 1. The van der Waals surface area contributed by atoms with Crippen LogP contribution >= 0.6 is 0 Å². The van der Waals surface area contributed by atoms with Gasteiger partial charge < -0.3 is 10.2 Å². The molecule has 1 fully saturated rings. The molecule has 112 valence electrons. The van der Waals surface area contributed by atoms with E-state index in [9.17, 15) is 0 Å². The van der Waals surface area contributed by atoms with Crippen LogP contribution in [0.4, 0.5) is 0 Å². The molecule has 0 saturated carbocycles. The number of rotatable bonds is 5. The van der Waals surface area contributed by atoms with Crippen molar-refractivity contribution >= 4 is 0 Å². The first-order valence-electron chi connectivity index (χ1n) is 7.79. The second kappa shape index (κ2) is 6.68. The summed E-state index contributed by atoms with van der Waals surface area (Å²) in [6.07, 6.45) is 2.67. The average molecular weight is 275 g/mol. The molecule has 1 N–H and O–H groups in total. The Morgan fingerprint density at radius 1 is 1.40 bits per heavy atom. The predicted octanol–water partition coefficient (Wildman–Crippen LogP) is 2.85. The number of nitrogens with zero attached hydrogens (tertiary/aromatic N) is 2. The number of hydrogen-bond donors (Lipinski definition) is 1. The van der Waals surface area contributed by atoms with Gasteiger partial charge in [0.05, 0.1) is 5.69 Å². The molecule has 0 spiro atoms. The van der Waals surface area contributed by atoms with Crippen molar-refractivity contribution in [2.45, 2.75) is 40.2 Å². The first kappa shape index (κ1) is 15.5. The number of aryl methyl sites for hydroxylation is 1. The van der Waals surface area contributed by atoms with E-state index >= 15 is 0 Å². The first-order chi connectivity index (χ1) is 9.47. The zero-order chi connectivity index (χ0) is 14.6. The highest BCUT2D eigenvalue weighted by atomic mass is 15.1. The SMILES string of the molecule is Cc1cccc(CN(C)CC(C)(C)C2CCCNC2)n1. The van der Waals surface area contributed by atoms with Crippen LogP contribution in [0.3, 0.4) is 0 Å². The highest BCUT2D eigenvalue weighted by Gasteiger charge is 2.31. The molecule has 1 aromatic heterocycles. The summed E-state index contributed by atoms with van der Waals surface area (Å²) in [5.74, 6) is 0.782. The summed E-state index contributed by atoms with van der Waals surface area (Å²) < 4.78 is 0. The fraction of sp³-hybridized carbons (Fsp3) is 0.706. The Labute approximate surface area is 123 Å². The lowest BCUT2D eigenvalue weighted by Gasteiger charge is -2.39. The molecule has 1 saturated heterocycles. The van der Waals surface area contributed by atoms with Crippen LogP contribution in [0.2, 0.25) is 0 Å². The van der Waals surface area contributed by atoms with Gasteiger partial charge in [0.1, 0.15) is 0 Å². The third-order valence-electron chi connectivity index (χ3n) is 4.46. The van der Waals surface area contributed by atoms with Gasteiger partial charge in [-0.3, -0.25) is 4.98 Å². The van der Waals surface area contributed by atoms with Crippen LogP contribution in [0.1, 0.15) is 38.1 Å². The van der Waals surface area contributed by atoms with Gasteiger partial charge in [-0.15, -0.1) is 0 Å². The van der Waals surface area contributed by atoms with Gasteiger partial charge in [0.25, 0.3) is 0 Å². The van der Waals surface area contributed by atoms with Crippen molar-refractivity contribution in [2.24, 2.45) is 11.3 Å². The zero-order valence-electron chi connectivity index (χ0n) is 13.4. The topological polar surface area (TPSA) is 28.2 Å². The van der Waals surface area contributed by atoms with E-state index in [-0.39, 0.29) is 0 Å². The second-order valence-electron chi connectivity index (χ2n) is 6.97. The van der Waals surface area contributed by atoms with Gasteiger partial charge in [-0.2, -0.15) is 0 Å². The first-order valence-corrected chi connectivity index (χ1v) is 7.79. The quantitative estimate of drug-likeness (QED) is 0.895. The van der Waals surface area contributed by atoms with E-state index in [1.54, 1.807) is 0 Å². The van der Waals surface area contributed by atoms with Crippen LogP contribution < -0.4 is 5.32 Å². The summed E-state index contributed by atoms with van der Waals surface area (Å²) in [5, 5.41) is 3.54. The lowest BCUT2D eigenvalue weighted by Crippen LogP contribution is -2.43. The fourth-order valence-corrected chi connectivity index (χ4v) is 3.36. The average Bonchev–Trinajstić information content (AvgIpc) is 2.39. The molecule has 1 unspecified atom stereocenters. The second-order valence-corrected chi connectivity index (χ2v) is 6.97. The highest BCUT2D eigenvalue weighted by Crippen LogP contribution is 2.32. The van der Waals surface area contributed by atoms with Crippen LogP contribution in [0, 0.1) is 18.3 Å². The minimum absolute atomic E-state index is 0.353. The Bertz CT molecular complexity index is 422. The van der Waals surface area contributed by atoms with E-state index in [0.717, 1.165) is 24.7 Å². The summed E-state index contributed by atoms with van der Waals surface area (Å²) in [4.78, 5) is 7.01. The van der Waals surface area contributed by atoms with Crippen molar-refractivity contribution in [3.8, 4) is 0 Å². The van der Waals surface area contributed by atoms with E-state index in [0.29, 0.717) is 5.41 Å². The number of aromatic nitrogens is 1. The number of piperidine rings is 1. The largest absolute Gasteiger partial charge is 0.316 e. The van der Waals surface area contributed by atoms with E-state index in [2.05, 4.69) is 61.2 Å². The molecule has 2 rings (SSSR count). The molecule has 0 bridgehead atoms. The standard InChI is InChI=1S/C17H29N3/c1-14-7-5-9-16(19-14)12-20(4)13-17(2,3)15-8-6-10-18-11-15/h5,7,9,15,18H,6,8,10-13H2,1-4H3. The third kappa shape index (κ3) is 4.29. The van der Waals surface area contributed by atoms with Gasteiger partial charge in [-0.1, -0.05) is 19.9 Å². The maximum Gasteiger partial charge on any atom is 0.0547 e. The Kier molecular flexibility index (Phi) is 5.17. The molecular formula is C17H29N3. The molecule has 0 radical (unpaired) electrons. The Morgan fingerprint density at radius 2 is 2.20 bits per heavy atom. The Hall–Kier alpha value is -0.930. The lowest BCUT2D eigenvalue weighted by molar-refractivity contribution is 0.111.